The van der Waals surface area contributed by atoms with Crippen LogP contribution in [0.15, 0.2) is 46.2 Å². The summed E-state index contributed by atoms with van der Waals surface area (Å²) in [5.41, 5.74) is 1.32. The van der Waals surface area contributed by atoms with Crippen molar-refractivity contribution >= 4 is 9.84 Å². The molecule has 0 radical (unpaired) electrons. The molecule has 5 heteroatoms. The van der Waals surface area contributed by atoms with Crippen LogP contribution in [-0.4, -0.2) is 18.6 Å². The van der Waals surface area contributed by atoms with E-state index in [1.54, 1.807) is 19.9 Å². The molecule has 4 nitrogen and oxygen atoms in total. The Hall–Kier alpha value is -2.01. The molecule has 0 spiro atoms. The van der Waals surface area contributed by atoms with Gasteiger partial charge in [0.15, 0.2) is 0 Å². The van der Waals surface area contributed by atoms with Crippen LogP contribution in [0.5, 0.6) is 11.5 Å². The van der Waals surface area contributed by atoms with Crippen molar-refractivity contribution in [3.8, 4) is 11.5 Å². The predicted octanol–water partition coefficient (Wildman–Crippen LogP) is 2.55. The first-order valence-electron chi connectivity index (χ1n) is 5.66. The van der Waals surface area contributed by atoms with Crippen LogP contribution >= 0.6 is 0 Å². The molecule has 0 aromatic heterocycles. The number of hydrogen-bond acceptors (Lipinski definition) is 4. The van der Waals surface area contributed by atoms with Crippen molar-refractivity contribution < 1.29 is 18.6 Å². The van der Waals surface area contributed by atoms with E-state index in [2.05, 4.69) is 0 Å². The van der Waals surface area contributed by atoms with Crippen molar-refractivity contribution in [2.24, 2.45) is 0 Å². The van der Waals surface area contributed by atoms with Gasteiger partial charge in [0, 0.05) is 0 Å². The van der Waals surface area contributed by atoms with Crippen molar-refractivity contribution in [2.75, 3.05) is 0 Å². The quantitative estimate of drug-likeness (QED) is 0.885. The van der Waals surface area contributed by atoms with Gasteiger partial charge in [0.05, 0.1) is 4.90 Å². The minimum Gasteiger partial charge on any atom is -0.508 e. The molecule has 0 aliphatic carbocycles. The molecule has 0 aliphatic rings. The summed E-state index contributed by atoms with van der Waals surface area (Å²) in [4.78, 5) is -0.202. The number of phenolic OH excluding ortho intramolecular Hbond substituents is 2. The fraction of sp³-hybridized carbons (Fsp3) is 0.143. The highest BCUT2D eigenvalue weighted by Gasteiger charge is 2.22. The molecule has 0 heterocycles. The van der Waals surface area contributed by atoms with Crippen LogP contribution in [0.2, 0.25) is 0 Å². The lowest BCUT2D eigenvalue weighted by atomic mass is 10.2. The van der Waals surface area contributed by atoms with Crippen LogP contribution in [0.25, 0.3) is 0 Å². The highest BCUT2D eigenvalue weighted by atomic mass is 32.2. The molecule has 19 heavy (non-hydrogen) atoms. The molecule has 2 N–H and O–H groups in total. The second-order valence-electron chi connectivity index (χ2n) is 4.42. The number of rotatable bonds is 2. The van der Waals surface area contributed by atoms with Crippen molar-refractivity contribution in [3.05, 3.63) is 47.5 Å². The Balaban J connectivity index is 2.65. The number of sulfone groups is 1. The zero-order valence-electron chi connectivity index (χ0n) is 10.6. The molecule has 2 aromatic rings. The topological polar surface area (TPSA) is 74.6 Å². The summed E-state index contributed by atoms with van der Waals surface area (Å²) in [5.74, 6) is -0.390. The van der Waals surface area contributed by atoms with Gasteiger partial charge in [-0.3, -0.25) is 0 Å². The maximum Gasteiger partial charge on any atom is 0.210 e. The molecule has 100 valence electrons. The van der Waals surface area contributed by atoms with Gasteiger partial charge in [-0.15, -0.1) is 0 Å². The predicted molar refractivity (Wildman–Crippen MR) is 71.1 cm³/mol. The highest BCUT2D eigenvalue weighted by molar-refractivity contribution is 7.91. The molecule has 0 aliphatic heterocycles. The standard InChI is InChI=1S/C14H14O4S/c1-9-3-6-12(15)14(7-9)19(17,18)11-5-4-10(2)13(16)8-11/h3-8,15-16H,1-2H3. The lowest BCUT2D eigenvalue weighted by Gasteiger charge is -2.09. The Morgan fingerprint density at radius 3 is 2.21 bits per heavy atom. The van der Waals surface area contributed by atoms with E-state index in [0.717, 1.165) is 5.56 Å². The maximum absolute atomic E-state index is 12.4. The van der Waals surface area contributed by atoms with Crippen molar-refractivity contribution in [2.45, 2.75) is 23.6 Å². The third kappa shape index (κ3) is 2.42. The Morgan fingerprint density at radius 1 is 0.895 bits per heavy atom. The number of benzene rings is 2. The lowest BCUT2D eigenvalue weighted by Crippen LogP contribution is -2.03. The van der Waals surface area contributed by atoms with Gasteiger partial charge in [-0.25, -0.2) is 8.42 Å². The van der Waals surface area contributed by atoms with Crippen LogP contribution in [0, 0.1) is 13.8 Å². The molecule has 0 atom stereocenters. The fourth-order valence-corrected chi connectivity index (χ4v) is 3.17. The van der Waals surface area contributed by atoms with E-state index < -0.39 is 9.84 Å². The third-order valence-electron chi connectivity index (χ3n) is 2.90. The van der Waals surface area contributed by atoms with Crippen LogP contribution in [-0.2, 0) is 9.84 Å². The minimum atomic E-state index is -3.84. The van der Waals surface area contributed by atoms with Crippen LogP contribution < -0.4 is 0 Å². The summed E-state index contributed by atoms with van der Waals surface area (Å²) in [5, 5.41) is 19.3. The first-order chi connectivity index (χ1) is 8.82. The zero-order valence-corrected chi connectivity index (χ0v) is 11.4. The Bertz CT molecular complexity index is 733. The molecule has 0 saturated carbocycles. The van der Waals surface area contributed by atoms with E-state index in [4.69, 9.17) is 0 Å². The molecule has 0 unspecified atom stereocenters. The van der Waals surface area contributed by atoms with Crippen LogP contribution in [0.1, 0.15) is 11.1 Å². The zero-order chi connectivity index (χ0) is 14.2. The smallest absolute Gasteiger partial charge is 0.210 e. The summed E-state index contributed by atoms with van der Waals surface area (Å²) in [6, 6.07) is 8.49. The SMILES string of the molecule is Cc1ccc(O)c(S(=O)(=O)c2ccc(C)c(O)c2)c1. The van der Waals surface area contributed by atoms with Gasteiger partial charge in [0.1, 0.15) is 16.4 Å². The van der Waals surface area contributed by atoms with Crippen molar-refractivity contribution in [1.29, 1.82) is 0 Å². The Morgan fingerprint density at radius 2 is 1.58 bits per heavy atom. The van der Waals surface area contributed by atoms with Gasteiger partial charge in [0.25, 0.3) is 0 Å². The summed E-state index contributed by atoms with van der Waals surface area (Å²) < 4.78 is 24.8. The minimum absolute atomic E-state index is 0.0449. The highest BCUT2D eigenvalue weighted by Crippen LogP contribution is 2.31. The van der Waals surface area contributed by atoms with Gasteiger partial charge < -0.3 is 10.2 Å². The molecule has 2 rings (SSSR count). The molecular weight excluding hydrogens is 264 g/mol. The summed E-state index contributed by atoms with van der Waals surface area (Å²) in [6.07, 6.45) is 0. The normalized spacial score (nSPS) is 11.5. The summed E-state index contributed by atoms with van der Waals surface area (Å²) in [7, 11) is -3.84. The van der Waals surface area contributed by atoms with Crippen molar-refractivity contribution in [1.82, 2.24) is 0 Å². The van der Waals surface area contributed by atoms with Crippen LogP contribution in [0.4, 0.5) is 0 Å². The molecule has 0 saturated heterocycles. The number of aromatic hydroxyl groups is 2. The van der Waals surface area contributed by atoms with Gasteiger partial charge >= 0.3 is 0 Å². The first kappa shape index (κ1) is 13.4. The Kier molecular flexibility index (Phi) is 3.24. The average Bonchev–Trinajstić information content (AvgIpc) is 2.35. The Labute approximate surface area is 111 Å². The van der Waals surface area contributed by atoms with E-state index >= 15 is 0 Å². The van der Waals surface area contributed by atoms with Gasteiger partial charge in [-0.2, -0.15) is 0 Å². The van der Waals surface area contributed by atoms with Crippen LogP contribution in [0.3, 0.4) is 0 Å². The molecule has 0 bridgehead atoms. The van der Waals surface area contributed by atoms with Gasteiger partial charge in [-0.05, 0) is 49.2 Å². The molecule has 0 amide bonds. The van der Waals surface area contributed by atoms with Gasteiger partial charge in [-0.1, -0.05) is 12.1 Å². The number of hydrogen-bond donors (Lipinski definition) is 2. The number of phenols is 2. The average molecular weight is 278 g/mol. The summed E-state index contributed by atoms with van der Waals surface area (Å²) in [6.45, 7) is 3.42. The summed E-state index contributed by atoms with van der Waals surface area (Å²) >= 11 is 0. The monoisotopic (exact) mass is 278 g/mol. The van der Waals surface area contributed by atoms with E-state index in [1.165, 1.54) is 30.3 Å². The van der Waals surface area contributed by atoms with E-state index in [9.17, 15) is 18.6 Å². The largest absolute Gasteiger partial charge is 0.508 e. The lowest BCUT2D eigenvalue weighted by molar-refractivity contribution is 0.457. The second kappa shape index (κ2) is 4.59. The molecule has 2 aromatic carbocycles. The molecule has 0 fully saturated rings. The number of aryl methyl sites for hydroxylation is 2. The third-order valence-corrected chi connectivity index (χ3v) is 4.68. The van der Waals surface area contributed by atoms with E-state index in [-0.39, 0.29) is 21.3 Å². The first-order valence-corrected chi connectivity index (χ1v) is 7.15. The molecular formula is C14H14O4S. The fourth-order valence-electron chi connectivity index (χ4n) is 1.72. The van der Waals surface area contributed by atoms with Crippen molar-refractivity contribution in [3.63, 3.8) is 0 Å². The van der Waals surface area contributed by atoms with Gasteiger partial charge in [0.2, 0.25) is 9.84 Å². The maximum atomic E-state index is 12.4. The van der Waals surface area contributed by atoms with E-state index in [0.29, 0.717) is 5.56 Å². The van der Waals surface area contributed by atoms with E-state index in [1.807, 2.05) is 0 Å². The second-order valence-corrected chi connectivity index (χ2v) is 6.34.